The van der Waals surface area contributed by atoms with Crippen LogP contribution < -0.4 is 5.32 Å². The van der Waals surface area contributed by atoms with E-state index in [1.54, 1.807) is 0 Å². The van der Waals surface area contributed by atoms with Gasteiger partial charge in [-0.25, -0.2) is 4.79 Å². The maximum Gasteiger partial charge on any atom is 0.321 e. The number of nitrogens with zero attached hydrogens (tertiary/aromatic N) is 1. The van der Waals surface area contributed by atoms with Crippen LogP contribution in [-0.4, -0.2) is 24.0 Å². The minimum atomic E-state index is 0.0513. The largest absolute Gasteiger partial charge is 0.325 e. The zero-order valence-corrected chi connectivity index (χ0v) is 12.0. The molecule has 1 heterocycles. The summed E-state index contributed by atoms with van der Waals surface area (Å²) in [5.74, 6) is 0.747. The normalized spacial score (nSPS) is 16.4. The van der Waals surface area contributed by atoms with Gasteiger partial charge in [0.1, 0.15) is 0 Å². The van der Waals surface area contributed by atoms with Crippen LogP contribution in [-0.2, 0) is 6.42 Å². The predicted octanol–water partition coefficient (Wildman–Crippen LogP) is 3.90. The first-order chi connectivity index (χ1) is 9.20. The van der Waals surface area contributed by atoms with Gasteiger partial charge in [0.05, 0.1) is 0 Å². The van der Waals surface area contributed by atoms with Gasteiger partial charge in [-0.1, -0.05) is 38.5 Å². The molecule has 2 rings (SSSR count). The number of carbonyl (C=O) groups excluding carboxylic acids is 1. The monoisotopic (exact) mass is 260 g/mol. The third-order valence-corrected chi connectivity index (χ3v) is 3.85. The minimum absolute atomic E-state index is 0.0513. The molecule has 0 aliphatic carbocycles. The summed E-state index contributed by atoms with van der Waals surface area (Å²) in [6.45, 7) is 6.17. The number of piperidine rings is 1. The number of anilines is 1. The molecule has 1 fully saturated rings. The Balaban J connectivity index is 1.98. The SMILES string of the molecule is CCCc1ccccc1NC(=O)N1CCC(C)CC1. The molecule has 2 amide bonds. The first-order valence-electron chi connectivity index (χ1n) is 7.34. The predicted molar refractivity (Wildman–Crippen MR) is 79.4 cm³/mol. The molecule has 1 aromatic carbocycles. The van der Waals surface area contributed by atoms with Crippen LogP contribution in [0.3, 0.4) is 0 Å². The zero-order chi connectivity index (χ0) is 13.7. The average molecular weight is 260 g/mol. The summed E-state index contributed by atoms with van der Waals surface area (Å²) in [6, 6.07) is 8.15. The van der Waals surface area contributed by atoms with E-state index in [0.29, 0.717) is 0 Å². The van der Waals surface area contributed by atoms with E-state index < -0.39 is 0 Å². The number of rotatable bonds is 3. The lowest BCUT2D eigenvalue weighted by Crippen LogP contribution is -2.40. The minimum Gasteiger partial charge on any atom is -0.325 e. The second kappa shape index (κ2) is 6.60. The molecular weight excluding hydrogens is 236 g/mol. The van der Waals surface area contributed by atoms with Crippen molar-refractivity contribution in [3.8, 4) is 0 Å². The molecule has 3 heteroatoms. The number of hydrogen-bond acceptors (Lipinski definition) is 1. The van der Waals surface area contributed by atoms with Crippen molar-refractivity contribution in [3.05, 3.63) is 29.8 Å². The maximum atomic E-state index is 12.2. The summed E-state index contributed by atoms with van der Waals surface area (Å²) >= 11 is 0. The second-order valence-electron chi connectivity index (χ2n) is 5.51. The van der Waals surface area contributed by atoms with Gasteiger partial charge in [-0.15, -0.1) is 0 Å². The van der Waals surface area contributed by atoms with Crippen LogP contribution >= 0.6 is 0 Å². The summed E-state index contributed by atoms with van der Waals surface area (Å²) in [7, 11) is 0. The van der Waals surface area contributed by atoms with E-state index in [2.05, 4.69) is 25.2 Å². The molecule has 0 radical (unpaired) electrons. The van der Waals surface area contributed by atoms with Gasteiger partial charge in [-0.2, -0.15) is 0 Å². The molecule has 0 atom stereocenters. The molecule has 1 aliphatic rings. The van der Waals surface area contributed by atoms with Gasteiger partial charge in [0, 0.05) is 18.8 Å². The van der Waals surface area contributed by atoms with Crippen LogP contribution in [0.25, 0.3) is 0 Å². The van der Waals surface area contributed by atoms with E-state index in [1.807, 2.05) is 23.1 Å². The Kier molecular flexibility index (Phi) is 4.83. The molecule has 1 aromatic rings. The van der Waals surface area contributed by atoms with Crippen LogP contribution in [0.1, 0.15) is 38.7 Å². The smallest absolute Gasteiger partial charge is 0.321 e. The number of hydrogen-bond donors (Lipinski definition) is 1. The highest BCUT2D eigenvalue weighted by Gasteiger charge is 2.20. The number of nitrogens with one attached hydrogen (secondary N) is 1. The van der Waals surface area contributed by atoms with E-state index in [9.17, 15) is 4.79 Å². The van der Waals surface area contributed by atoms with Crippen LogP contribution in [0.4, 0.5) is 10.5 Å². The Hall–Kier alpha value is -1.51. The lowest BCUT2D eigenvalue weighted by molar-refractivity contribution is 0.186. The molecule has 0 aromatic heterocycles. The molecule has 0 unspecified atom stereocenters. The van der Waals surface area contributed by atoms with Crippen molar-refractivity contribution in [1.29, 1.82) is 0 Å². The van der Waals surface area contributed by atoms with Crippen LogP contribution in [0.15, 0.2) is 24.3 Å². The van der Waals surface area contributed by atoms with E-state index in [-0.39, 0.29) is 6.03 Å². The number of amides is 2. The van der Waals surface area contributed by atoms with Crippen molar-refractivity contribution < 1.29 is 4.79 Å². The summed E-state index contributed by atoms with van der Waals surface area (Å²) in [6.07, 6.45) is 4.33. The fourth-order valence-electron chi connectivity index (χ4n) is 2.54. The van der Waals surface area contributed by atoms with Gasteiger partial charge in [0.25, 0.3) is 0 Å². The summed E-state index contributed by atoms with van der Waals surface area (Å²) in [4.78, 5) is 14.2. The van der Waals surface area contributed by atoms with Gasteiger partial charge >= 0.3 is 6.03 Å². The Labute approximate surface area is 116 Å². The lowest BCUT2D eigenvalue weighted by atomic mass is 10.00. The highest BCUT2D eigenvalue weighted by atomic mass is 16.2. The summed E-state index contributed by atoms with van der Waals surface area (Å²) in [5, 5.41) is 3.07. The summed E-state index contributed by atoms with van der Waals surface area (Å²) in [5.41, 5.74) is 2.19. The van der Waals surface area contributed by atoms with Crippen LogP contribution in [0.5, 0.6) is 0 Å². The van der Waals surface area contributed by atoms with E-state index >= 15 is 0 Å². The number of para-hydroxylation sites is 1. The molecule has 1 aliphatic heterocycles. The fourth-order valence-corrected chi connectivity index (χ4v) is 2.54. The van der Waals surface area contributed by atoms with Gasteiger partial charge in [-0.3, -0.25) is 0 Å². The maximum absolute atomic E-state index is 12.2. The van der Waals surface area contributed by atoms with E-state index in [1.165, 1.54) is 5.56 Å². The Morgan fingerprint density at radius 1 is 1.32 bits per heavy atom. The Bertz CT molecular complexity index is 423. The first-order valence-corrected chi connectivity index (χ1v) is 7.34. The van der Waals surface area contributed by atoms with E-state index in [4.69, 9.17) is 0 Å². The quantitative estimate of drug-likeness (QED) is 0.878. The van der Waals surface area contributed by atoms with Crippen molar-refractivity contribution in [1.82, 2.24) is 4.90 Å². The van der Waals surface area contributed by atoms with Gasteiger partial charge in [0.15, 0.2) is 0 Å². The van der Waals surface area contributed by atoms with Gasteiger partial charge in [0.2, 0.25) is 0 Å². The third kappa shape index (κ3) is 3.72. The molecule has 3 nitrogen and oxygen atoms in total. The molecule has 104 valence electrons. The molecule has 1 saturated heterocycles. The zero-order valence-electron chi connectivity index (χ0n) is 12.0. The highest BCUT2D eigenvalue weighted by molar-refractivity contribution is 5.90. The number of aryl methyl sites for hydroxylation is 1. The van der Waals surface area contributed by atoms with Crippen LogP contribution in [0.2, 0.25) is 0 Å². The molecular formula is C16H24N2O. The number of carbonyl (C=O) groups is 1. The van der Waals surface area contributed by atoms with Gasteiger partial charge in [-0.05, 0) is 36.8 Å². The molecule has 0 bridgehead atoms. The van der Waals surface area contributed by atoms with Crippen molar-refractivity contribution in [2.75, 3.05) is 18.4 Å². The average Bonchev–Trinajstić information content (AvgIpc) is 2.42. The second-order valence-corrected chi connectivity index (χ2v) is 5.51. The molecule has 1 N–H and O–H groups in total. The van der Waals surface area contributed by atoms with E-state index in [0.717, 1.165) is 50.4 Å². The van der Waals surface area contributed by atoms with Gasteiger partial charge < -0.3 is 10.2 Å². The number of likely N-dealkylation sites (tertiary alicyclic amines) is 1. The lowest BCUT2D eigenvalue weighted by Gasteiger charge is -2.30. The third-order valence-electron chi connectivity index (χ3n) is 3.85. The fraction of sp³-hybridized carbons (Fsp3) is 0.562. The topological polar surface area (TPSA) is 32.3 Å². The van der Waals surface area contributed by atoms with Crippen LogP contribution in [0, 0.1) is 5.92 Å². The molecule has 0 saturated carbocycles. The van der Waals surface area contributed by atoms with Crippen molar-refractivity contribution in [2.45, 2.75) is 39.5 Å². The number of urea groups is 1. The van der Waals surface area contributed by atoms with Crippen molar-refractivity contribution >= 4 is 11.7 Å². The highest BCUT2D eigenvalue weighted by Crippen LogP contribution is 2.20. The van der Waals surface area contributed by atoms with Crippen molar-refractivity contribution in [3.63, 3.8) is 0 Å². The van der Waals surface area contributed by atoms with Crippen molar-refractivity contribution in [2.24, 2.45) is 5.92 Å². The Morgan fingerprint density at radius 2 is 2.00 bits per heavy atom. The summed E-state index contributed by atoms with van der Waals surface area (Å²) < 4.78 is 0. The number of benzene rings is 1. The molecule has 0 spiro atoms. The molecule has 19 heavy (non-hydrogen) atoms. The Morgan fingerprint density at radius 3 is 2.68 bits per heavy atom. The standard InChI is InChI=1S/C16H24N2O/c1-3-6-14-7-4-5-8-15(14)17-16(19)18-11-9-13(2)10-12-18/h4-5,7-8,13H,3,6,9-12H2,1-2H3,(H,17,19). The first kappa shape index (κ1) is 13.9.